The molecular weight excluding hydrogens is 368 g/mol. The molecule has 0 heterocycles. The fourth-order valence-corrected chi connectivity index (χ4v) is 6.22. The van der Waals surface area contributed by atoms with Crippen molar-refractivity contribution in [2.45, 2.75) is 110 Å². The number of hydrogen-bond acceptors (Lipinski definition) is 2. The molecule has 3 aliphatic rings. The second-order valence-corrected chi connectivity index (χ2v) is 10.3. The minimum Gasteiger partial charge on any atom is -0.393 e. The van der Waals surface area contributed by atoms with E-state index in [9.17, 15) is 10.2 Å². The lowest BCUT2D eigenvalue weighted by Crippen LogP contribution is -2.33. The summed E-state index contributed by atoms with van der Waals surface area (Å²) in [6.45, 7) is 6.62. The van der Waals surface area contributed by atoms with Gasteiger partial charge in [-0.15, -0.1) is 0 Å². The lowest BCUT2D eigenvalue weighted by Gasteiger charge is -2.42. The van der Waals surface area contributed by atoms with E-state index in [1.807, 2.05) is 26.0 Å². The van der Waals surface area contributed by atoms with Crippen LogP contribution < -0.4 is 0 Å². The Balaban J connectivity index is 1.61. The second-order valence-electron chi connectivity index (χ2n) is 10.3. The summed E-state index contributed by atoms with van der Waals surface area (Å²) in [5, 5.41) is 20.3. The van der Waals surface area contributed by atoms with Crippen LogP contribution in [0.2, 0.25) is 0 Å². The summed E-state index contributed by atoms with van der Waals surface area (Å²) in [6.07, 6.45) is 26.5. The summed E-state index contributed by atoms with van der Waals surface area (Å²) in [4.78, 5) is 0. The molecule has 4 unspecified atom stereocenters. The highest BCUT2D eigenvalue weighted by molar-refractivity contribution is 5.26. The highest BCUT2D eigenvalue weighted by Crippen LogP contribution is 2.58. The lowest BCUT2D eigenvalue weighted by molar-refractivity contribution is 0.0828. The second kappa shape index (κ2) is 10.5. The van der Waals surface area contributed by atoms with E-state index in [1.54, 1.807) is 5.57 Å². The van der Waals surface area contributed by atoms with Gasteiger partial charge in [-0.1, -0.05) is 68.4 Å². The zero-order chi connectivity index (χ0) is 21.6. The van der Waals surface area contributed by atoms with Crippen LogP contribution in [0.15, 0.2) is 47.6 Å². The predicted octanol–water partition coefficient (Wildman–Crippen LogP) is 7.04. The highest BCUT2D eigenvalue weighted by Gasteiger charge is 2.48. The van der Waals surface area contributed by atoms with Crippen molar-refractivity contribution in [3.8, 4) is 0 Å². The Kier molecular flexibility index (Phi) is 8.21. The monoisotopic (exact) mass is 412 g/mol. The summed E-state index contributed by atoms with van der Waals surface area (Å²) in [5.41, 5.74) is 2.88. The fraction of sp³-hybridized carbons (Fsp3) is 0.714. The maximum atomic E-state index is 10.4. The fourth-order valence-electron chi connectivity index (χ4n) is 6.22. The molecule has 168 valence electrons. The van der Waals surface area contributed by atoms with E-state index in [2.05, 4.69) is 31.2 Å². The van der Waals surface area contributed by atoms with Gasteiger partial charge in [0.05, 0.1) is 11.7 Å². The van der Waals surface area contributed by atoms with Crippen LogP contribution in [0.3, 0.4) is 0 Å². The van der Waals surface area contributed by atoms with Gasteiger partial charge in [0.15, 0.2) is 0 Å². The van der Waals surface area contributed by atoms with Gasteiger partial charge in [0.25, 0.3) is 0 Å². The molecular formula is C28H44O2. The van der Waals surface area contributed by atoms with Crippen LogP contribution >= 0.6 is 0 Å². The average molecular weight is 413 g/mol. The topological polar surface area (TPSA) is 40.5 Å². The smallest absolute Gasteiger partial charge is 0.0825 e. The Morgan fingerprint density at radius 1 is 1.03 bits per heavy atom. The number of rotatable bonds is 7. The SMILES string of the molecule is CCC(O)(/C=C/C=C/CC1CCC2/C(=C/C=C3/CCCC(O)C3)CCCC12C)CC. The van der Waals surface area contributed by atoms with E-state index in [4.69, 9.17) is 0 Å². The first-order valence-electron chi connectivity index (χ1n) is 12.5. The molecule has 0 aliphatic heterocycles. The minimum absolute atomic E-state index is 0.123. The van der Waals surface area contributed by atoms with Crippen molar-refractivity contribution in [3.63, 3.8) is 0 Å². The van der Waals surface area contributed by atoms with Gasteiger partial charge in [-0.05, 0) is 94.3 Å². The molecule has 4 atom stereocenters. The van der Waals surface area contributed by atoms with E-state index < -0.39 is 5.60 Å². The Bertz CT molecular complexity index is 679. The predicted molar refractivity (Wildman–Crippen MR) is 127 cm³/mol. The van der Waals surface area contributed by atoms with Gasteiger partial charge in [-0.2, -0.15) is 0 Å². The molecule has 0 aromatic carbocycles. The lowest BCUT2D eigenvalue weighted by atomic mass is 9.63. The standard InChI is InChI=1S/C28H44O2/c1-4-28(30,5-2)20-8-6-7-13-24-17-18-26-23(12-10-19-27(24,26)3)16-15-22-11-9-14-25(29)21-22/h6-8,15-16,20,24-26,29-30H,4-5,9-14,17-19,21H2,1-3H3/b7-6+,20-8+,22-15-,23-16+. The third-order valence-corrected chi connectivity index (χ3v) is 8.53. The van der Waals surface area contributed by atoms with Crippen LogP contribution in [-0.2, 0) is 0 Å². The molecule has 0 spiro atoms. The Hall–Kier alpha value is -1.12. The van der Waals surface area contributed by atoms with Gasteiger partial charge >= 0.3 is 0 Å². The van der Waals surface area contributed by atoms with Crippen LogP contribution in [0.1, 0.15) is 97.8 Å². The highest BCUT2D eigenvalue weighted by atomic mass is 16.3. The van der Waals surface area contributed by atoms with Gasteiger partial charge in [0.2, 0.25) is 0 Å². The van der Waals surface area contributed by atoms with Crippen LogP contribution in [-0.4, -0.2) is 21.9 Å². The number of aliphatic hydroxyl groups is 2. The number of aliphatic hydroxyl groups excluding tert-OH is 1. The first-order chi connectivity index (χ1) is 14.4. The van der Waals surface area contributed by atoms with Crippen molar-refractivity contribution < 1.29 is 10.2 Å². The van der Waals surface area contributed by atoms with Crippen LogP contribution in [0, 0.1) is 17.3 Å². The van der Waals surface area contributed by atoms with Gasteiger partial charge in [-0.3, -0.25) is 0 Å². The van der Waals surface area contributed by atoms with E-state index >= 15 is 0 Å². The van der Waals surface area contributed by atoms with Crippen molar-refractivity contribution in [2.24, 2.45) is 17.3 Å². The summed E-state index contributed by atoms with van der Waals surface area (Å²) >= 11 is 0. The molecule has 0 radical (unpaired) electrons. The Labute approximate surface area is 184 Å². The maximum Gasteiger partial charge on any atom is 0.0825 e. The van der Waals surface area contributed by atoms with Crippen LogP contribution in [0.25, 0.3) is 0 Å². The minimum atomic E-state index is -0.652. The zero-order valence-corrected chi connectivity index (χ0v) is 19.6. The van der Waals surface area contributed by atoms with Crippen LogP contribution in [0.4, 0.5) is 0 Å². The van der Waals surface area contributed by atoms with Crippen molar-refractivity contribution >= 4 is 0 Å². The molecule has 0 aromatic rings. The molecule has 3 aliphatic carbocycles. The molecule has 0 aromatic heterocycles. The molecule has 2 heteroatoms. The summed E-state index contributed by atoms with van der Waals surface area (Å²) in [6, 6.07) is 0. The summed E-state index contributed by atoms with van der Waals surface area (Å²) in [7, 11) is 0. The summed E-state index contributed by atoms with van der Waals surface area (Å²) < 4.78 is 0. The largest absolute Gasteiger partial charge is 0.393 e. The van der Waals surface area contributed by atoms with E-state index in [0.717, 1.165) is 56.8 Å². The Morgan fingerprint density at radius 2 is 1.83 bits per heavy atom. The van der Waals surface area contributed by atoms with Crippen molar-refractivity contribution in [3.05, 3.63) is 47.6 Å². The van der Waals surface area contributed by atoms with Crippen molar-refractivity contribution in [1.82, 2.24) is 0 Å². The normalized spacial score (nSPS) is 35.7. The molecule has 3 saturated carbocycles. The molecule has 3 rings (SSSR count). The van der Waals surface area contributed by atoms with Crippen LogP contribution in [0.5, 0.6) is 0 Å². The number of fused-ring (bicyclic) bond motifs is 1. The molecule has 0 saturated heterocycles. The first-order valence-corrected chi connectivity index (χ1v) is 12.5. The van der Waals surface area contributed by atoms with E-state index in [-0.39, 0.29) is 6.10 Å². The molecule has 0 amide bonds. The number of hydrogen-bond donors (Lipinski definition) is 2. The van der Waals surface area contributed by atoms with Gasteiger partial charge in [0, 0.05) is 0 Å². The Morgan fingerprint density at radius 3 is 2.57 bits per heavy atom. The first kappa shape index (κ1) is 23.5. The molecule has 2 N–H and O–H groups in total. The van der Waals surface area contributed by atoms with Crippen molar-refractivity contribution in [2.75, 3.05) is 0 Å². The van der Waals surface area contributed by atoms with Gasteiger partial charge in [-0.25, -0.2) is 0 Å². The van der Waals surface area contributed by atoms with E-state index in [1.165, 1.54) is 37.7 Å². The van der Waals surface area contributed by atoms with Gasteiger partial charge < -0.3 is 10.2 Å². The maximum absolute atomic E-state index is 10.4. The number of allylic oxidation sites excluding steroid dienone is 6. The third kappa shape index (κ3) is 5.56. The zero-order valence-electron chi connectivity index (χ0n) is 19.6. The molecule has 30 heavy (non-hydrogen) atoms. The summed E-state index contributed by atoms with van der Waals surface area (Å²) in [5.74, 6) is 1.49. The van der Waals surface area contributed by atoms with Crippen molar-refractivity contribution in [1.29, 1.82) is 0 Å². The third-order valence-electron chi connectivity index (χ3n) is 8.53. The van der Waals surface area contributed by atoms with Gasteiger partial charge in [0.1, 0.15) is 0 Å². The molecule has 2 nitrogen and oxygen atoms in total. The molecule has 0 bridgehead atoms. The molecule has 3 fully saturated rings. The average Bonchev–Trinajstić information content (AvgIpc) is 3.08. The van der Waals surface area contributed by atoms with E-state index in [0.29, 0.717) is 5.41 Å². The quantitative estimate of drug-likeness (QED) is 0.440.